The van der Waals surface area contributed by atoms with Crippen LogP contribution in [0.1, 0.15) is 13.3 Å². The first-order valence-electron chi connectivity index (χ1n) is 7.51. The molecule has 0 saturated carbocycles. The number of rotatable bonds is 3. The number of amides is 2. The monoisotopic (exact) mass is 324 g/mol. The highest BCUT2D eigenvalue weighted by atomic mass is 16.5. The Bertz CT molecular complexity index is 789. The molecule has 122 valence electrons. The number of carbonyl (C=O) groups excluding carboxylic acids is 3. The summed E-state index contributed by atoms with van der Waals surface area (Å²) in [6.45, 7) is 1.36. The topological polar surface area (TPSA) is 75.7 Å². The molecule has 3 rings (SSSR count). The molecule has 1 aliphatic rings. The SMILES string of the molecule is CC(=O)N1c2ccccc2OC(=O)[C@H]1CC(=O)Nc1ccccc1. The standard InChI is InChI=1S/C18H16N2O4/c1-12(21)20-14-9-5-6-10-16(14)24-18(23)15(20)11-17(22)19-13-7-3-2-4-8-13/h2-10,15H,11H2,1H3,(H,19,22)/t15-/m1/s1. The van der Waals surface area contributed by atoms with Gasteiger partial charge in [0.2, 0.25) is 11.8 Å². The highest BCUT2D eigenvalue weighted by Gasteiger charge is 2.38. The number of nitrogens with one attached hydrogen (secondary N) is 1. The lowest BCUT2D eigenvalue weighted by Gasteiger charge is -2.34. The van der Waals surface area contributed by atoms with Crippen LogP contribution in [-0.2, 0) is 14.4 Å². The van der Waals surface area contributed by atoms with Gasteiger partial charge >= 0.3 is 5.97 Å². The molecule has 6 nitrogen and oxygen atoms in total. The lowest BCUT2D eigenvalue weighted by molar-refractivity contribution is -0.140. The fourth-order valence-corrected chi connectivity index (χ4v) is 2.66. The Morgan fingerprint density at radius 2 is 1.75 bits per heavy atom. The molecule has 6 heteroatoms. The molecular formula is C18H16N2O4. The maximum atomic E-state index is 12.3. The van der Waals surface area contributed by atoms with E-state index in [1.54, 1.807) is 48.5 Å². The van der Waals surface area contributed by atoms with E-state index in [4.69, 9.17) is 4.74 Å². The molecule has 2 amide bonds. The lowest BCUT2D eigenvalue weighted by atomic mass is 10.1. The smallest absolute Gasteiger partial charge is 0.335 e. The zero-order chi connectivity index (χ0) is 17.1. The van der Waals surface area contributed by atoms with Crippen LogP contribution in [0.4, 0.5) is 11.4 Å². The maximum Gasteiger partial charge on any atom is 0.335 e. The molecule has 0 aliphatic carbocycles. The Hall–Kier alpha value is -3.15. The predicted molar refractivity (Wildman–Crippen MR) is 88.7 cm³/mol. The number of hydrogen-bond acceptors (Lipinski definition) is 4. The van der Waals surface area contributed by atoms with Gasteiger partial charge in [-0.05, 0) is 24.3 Å². The highest BCUT2D eigenvalue weighted by molar-refractivity contribution is 6.05. The van der Waals surface area contributed by atoms with Crippen LogP contribution in [0.3, 0.4) is 0 Å². The van der Waals surface area contributed by atoms with Gasteiger partial charge in [-0.1, -0.05) is 30.3 Å². The van der Waals surface area contributed by atoms with Crippen molar-refractivity contribution in [2.24, 2.45) is 0 Å². The van der Waals surface area contributed by atoms with Gasteiger partial charge in [-0.25, -0.2) is 4.79 Å². The van der Waals surface area contributed by atoms with Crippen molar-refractivity contribution in [1.82, 2.24) is 0 Å². The van der Waals surface area contributed by atoms with E-state index >= 15 is 0 Å². The average Bonchev–Trinajstić information content (AvgIpc) is 2.56. The van der Waals surface area contributed by atoms with Crippen LogP contribution in [-0.4, -0.2) is 23.8 Å². The number of carbonyl (C=O) groups is 3. The van der Waals surface area contributed by atoms with E-state index in [-0.39, 0.29) is 18.2 Å². The fraction of sp³-hybridized carbons (Fsp3) is 0.167. The third kappa shape index (κ3) is 3.12. The molecule has 24 heavy (non-hydrogen) atoms. The summed E-state index contributed by atoms with van der Waals surface area (Å²) >= 11 is 0. The van der Waals surface area contributed by atoms with E-state index in [0.29, 0.717) is 17.1 Å². The molecule has 1 heterocycles. The number of esters is 1. The Labute approximate surface area is 139 Å². The van der Waals surface area contributed by atoms with Crippen LogP contribution in [0.5, 0.6) is 5.75 Å². The number of hydrogen-bond donors (Lipinski definition) is 1. The van der Waals surface area contributed by atoms with Crippen LogP contribution in [0.15, 0.2) is 54.6 Å². The molecule has 0 unspecified atom stereocenters. The summed E-state index contributed by atoms with van der Waals surface area (Å²) in [6, 6.07) is 14.7. The largest absolute Gasteiger partial charge is 0.423 e. The van der Waals surface area contributed by atoms with Crippen molar-refractivity contribution in [3.8, 4) is 5.75 Å². The average molecular weight is 324 g/mol. The number of fused-ring (bicyclic) bond motifs is 1. The number of nitrogens with zero attached hydrogens (tertiary/aromatic N) is 1. The Kier molecular flexibility index (Phi) is 4.29. The number of anilines is 2. The van der Waals surface area contributed by atoms with Gasteiger partial charge in [-0.15, -0.1) is 0 Å². The lowest BCUT2D eigenvalue weighted by Crippen LogP contribution is -2.50. The fourth-order valence-electron chi connectivity index (χ4n) is 2.66. The summed E-state index contributed by atoms with van der Waals surface area (Å²) in [5.74, 6) is -0.991. The summed E-state index contributed by atoms with van der Waals surface area (Å²) in [5, 5.41) is 2.71. The summed E-state index contributed by atoms with van der Waals surface area (Å²) in [5.41, 5.74) is 1.11. The third-order valence-electron chi connectivity index (χ3n) is 3.69. The molecule has 2 aromatic rings. The van der Waals surface area contributed by atoms with E-state index < -0.39 is 12.0 Å². The number of ether oxygens (including phenoxy) is 1. The quantitative estimate of drug-likeness (QED) is 0.694. The second kappa shape index (κ2) is 6.54. The van der Waals surface area contributed by atoms with Crippen molar-refractivity contribution in [3.05, 3.63) is 54.6 Å². The molecule has 0 bridgehead atoms. The summed E-state index contributed by atoms with van der Waals surface area (Å²) in [7, 11) is 0. The normalized spacial score (nSPS) is 16.1. The van der Waals surface area contributed by atoms with Crippen molar-refractivity contribution < 1.29 is 19.1 Å². The minimum Gasteiger partial charge on any atom is -0.423 e. The Morgan fingerprint density at radius 1 is 1.08 bits per heavy atom. The van der Waals surface area contributed by atoms with Crippen LogP contribution >= 0.6 is 0 Å². The zero-order valence-electron chi connectivity index (χ0n) is 13.1. The van der Waals surface area contributed by atoms with Crippen molar-refractivity contribution >= 4 is 29.2 Å². The van der Waals surface area contributed by atoms with Crippen LogP contribution in [0, 0.1) is 0 Å². The first-order chi connectivity index (χ1) is 11.6. The van der Waals surface area contributed by atoms with E-state index in [1.807, 2.05) is 6.07 Å². The van der Waals surface area contributed by atoms with E-state index in [0.717, 1.165) is 0 Å². The molecule has 0 fully saturated rings. The summed E-state index contributed by atoms with van der Waals surface area (Å²) in [4.78, 5) is 37.9. The molecule has 1 atom stereocenters. The molecule has 0 spiro atoms. The van der Waals surface area contributed by atoms with Crippen LogP contribution < -0.4 is 15.0 Å². The summed E-state index contributed by atoms with van der Waals surface area (Å²) < 4.78 is 5.26. The van der Waals surface area contributed by atoms with Crippen molar-refractivity contribution in [2.45, 2.75) is 19.4 Å². The molecular weight excluding hydrogens is 308 g/mol. The zero-order valence-corrected chi connectivity index (χ0v) is 13.1. The van der Waals surface area contributed by atoms with Crippen LogP contribution in [0.2, 0.25) is 0 Å². The van der Waals surface area contributed by atoms with Gasteiger partial charge in [-0.3, -0.25) is 14.5 Å². The van der Waals surface area contributed by atoms with E-state index in [1.165, 1.54) is 11.8 Å². The summed E-state index contributed by atoms with van der Waals surface area (Å²) in [6.07, 6.45) is -0.179. The van der Waals surface area contributed by atoms with Gasteiger partial charge in [-0.2, -0.15) is 0 Å². The minimum absolute atomic E-state index is 0.179. The van der Waals surface area contributed by atoms with Crippen molar-refractivity contribution in [3.63, 3.8) is 0 Å². The molecule has 1 aliphatic heterocycles. The molecule has 1 N–H and O–H groups in total. The number of para-hydroxylation sites is 3. The van der Waals surface area contributed by atoms with E-state index in [2.05, 4.69) is 5.32 Å². The number of benzene rings is 2. The van der Waals surface area contributed by atoms with Gasteiger partial charge in [0.05, 0.1) is 12.1 Å². The highest BCUT2D eigenvalue weighted by Crippen LogP contribution is 2.35. The second-order valence-electron chi connectivity index (χ2n) is 5.41. The van der Waals surface area contributed by atoms with Gasteiger partial charge in [0.15, 0.2) is 5.75 Å². The minimum atomic E-state index is -0.985. The van der Waals surface area contributed by atoms with Crippen LogP contribution in [0.25, 0.3) is 0 Å². The molecule has 0 radical (unpaired) electrons. The van der Waals surface area contributed by atoms with Gasteiger partial charge < -0.3 is 10.1 Å². The predicted octanol–water partition coefficient (Wildman–Crippen LogP) is 2.36. The first kappa shape index (κ1) is 15.7. The molecule has 0 saturated heterocycles. The second-order valence-corrected chi connectivity index (χ2v) is 5.41. The van der Waals surface area contributed by atoms with E-state index in [9.17, 15) is 14.4 Å². The van der Waals surface area contributed by atoms with Gasteiger partial charge in [0.25, 0.3) is 0 Å². The van der Waals surface area contributed by atoms with Gasteiger partial charge in [0.1, 0.15) is 6.04 Å². The Morgan fingerprint density at radius 3 is 2.46 bits per heavy atom. The van der Waals surface area contributed by atoms with Crippen molar-refractivity contribution in [2.75, 3.05) is 10.2 Å². The Balaban J connectivity index is 1.82. The van der Waals surface area contributed by atoms with Crippen molar-refractivity contribution in [1.29, 1.82) is 0 Å². The first-order valence-corrected chi connectivity index (χ1v) is 7.51. The third-order valence-corrected chi connectivity index (χ3v) is 3.69. The molecule has 2 aromatic carbocycles. The maximum absolute atomic E-state index is 12.3. The molecule has 0 aromatic heterocycles. The van der Waals surface area contributed by atoms with Gasteiger partial charge in [0, 0.05) is 12.6 Å².